The molecule has 3 saturated heterocycles. The minimum Gasteiger partial charge on any atom is -0.460 e. The number of hydrogen-bond donors (Lipinski definition) is 2. The van der Waals surface area contributed by atoms with E-state index in [0.717, 1.165) is 0 Å². The third kappa shape index (κ3) is 3.43. The van der Waals surface area contributed by atoms with E-state index >= 15 is 0 Å². The van der Waals surface area contributed by atoms with Crippen LogP contribution in [-0.2, 0) is 57.2 Å². The number of esters is 4. The zero-order chi connectivity index (χ0) is 35.0. The Labute approximate surface area is 276 Å². The van der Waals surface area contributed by atoms with E-state index in [1.54, 1.807) is 20.8 Å². The summed E-state index contributed by atoms with van der Waals surface area (Å²) < 4.78 is 36.0. The molecule has 19 atom stereocenters. The summed E-state index contributed by atoms with van der Waals surface area (Å²) in [7, 11) is 0. The van der Waals surface area contributed by atoms with Crippen molar-refractivity contribution in [1.29, 1.82) is 0 Å². The lowest BCUT2D eigenvalue weighted by Gasteiger charge is -2.65. The molecule has 8 rings (SSSR count). The van der Waals surface area contributed by atoms with Crippen molar-refractivity contribution in [2.75, 3.05) is 0 Å². The molecule has 262 valence electrons. The van der Waals surface area contributed by atoms with E-state index in [1.807, 2.05) is 0 Å². The molecule has 14 nitrogen and oxygen atoms in total. The first kappa shape index (κ1) is 32.3. The van der Waals surface area contributed by atoms with Crippen LogP contribution in [0.3, 0.4) is 0 Å². The fourth-order valence-electron chi connectivity index (χ4n) is 12.4. The van der Waals surface area contributed by atoms with E-state index < -0.39 is 147 Å². The van der Waals surface area contributed by atoms with E-state index in [2.05, 4.69) is 0 Å². The van der Waals surface area contributed by atoms with Crippen molar-refractivity contribution in [3.8, 4) is 0 Å². The van der Waals surface area contributed by atoms with Crippen LogP contribution in [-0.4, -0.2) is 106 Å². The number of aliphatic hydroxyl groups excluding tert-OH is 1. The third-order valence-electron chi connectivity index (χ3n) is 14.4. The van der Waals surface area contributed by atoms with E-state index in [4.69, 9.17) is 28.4 Å². The van der Waals surface area contributed by atoms with Gasteiger partial charge < -0.3 is 38.6 Å². The second kappa shape index (κ2) is 9.23. The first-order valence-electron chi connectivity index (χ1n) is 16.7. The Morgan fingerprint density at radius 1 is 0.833 bits per heavy atom. The summed E-state index contributed by atoms with van der Waals surface area (Å²) in [4.78, 5) is 80.9. The molecular weight excluding hydrogens is 632 g/mol. The van der Waals surface area contributed by atoms with Gasteiger partial charge in [-0.05, 0) is 27.2 Å². The van der Waals surface area contributed by atoms with E-state index in [0.29, 0.717) is 0 Å². The number of fused-ring (bicyclic) bond motifs is 10. The number of ether oxygens (including phenoxy) is 6. The van der Waals surface area contributed by atoms with Gasteiger partial charge in [0.25, 0.3) is 0 Å². The van der Waals surface area contributed by atoms with Crippen LogP contribution in [0.5, 0.6) is 0 Å². The minimum atomic E-state index is -2.27. The predicted molar refractivity (Wildman–Crippen MR) is 155 cm³/mol. The summed E-state index contributed by atoms with van der Waals surface area (Å²) in [6, 6.07) is 0. The van der Waals surface area contributed by atoms with Gasteiger partial charge in [-0.15, -0.1) is 0 Å². The standard InChI is InChI=1S/C34H42O14/c1-10(35)43-21-15-16-22-18-24(33(7)28(48-33)26(40)32(18,6)34(8,42)29(41)47-22)31(16,5)25(39)23(44-11(2)36)17(15)30(4)13(19(21)38)9-14-20(46-14)27(30)45-12(3)37/h13-18,20-25,27-28,39,42H,9H2,1-8H3/t13-,14+,15+,16-,17-,18-,20+,21-,22-,23+,24+,25+,27+,28?,30+,31+,32-,33?,34-/m1/s1. The zero-order valence-electron chi connectivity index (χ0n) is 28.1. The summed E-state index contributed by atoms with van der Waals surface area (Å²) in [6.07, 6.45) is -8.17. The summed E-state index contributed by atoms with van der Waals surface area (Å²) in [5, 5.41) is 24.5. The summed E-state index contributed by atoms with van der Waals surface area (Å²) in [5.41, 5.74) is -7.86. The van der Waals surface area contributed by atoms with Gasteiger partial charge in [-0.3, -0.25) is 24.0 Å². The predicted octanol–water partition coefficient (Wildman–Crippen LogP) is 0.0561. The van der Waals surface area contributed by atoms with Gasteiger partial charge in [0, 0.05) is 67.1 Å². The zero-order valence-corrected chi connectivity index (χ0v) is 28.1. The Hall–Kier alpha value is -2.94. The number of aliphatic hydroxyl groups is 2. The van der Waals surface area contributed by atoms with Gasteiger partial charge in [0.05, 0.1) is 17.6 Å². The molecule has 0 aromatic heterocycles. The molecule has 8 aliphatic rings. The maximum Gasteiger partial charge on any atom is 0.339 e. The Morgan fingerprint density at radius 2 is 1.46 bits per heavy atom. The number of ketones is 2. The van der Waals surface area contributed by atoms with Crippen LogP contribution in [0.2, 0.25) is 0 Å². The van der Waals surface area contributed by atoms with Crippen molar-refractivity contribution < 1.29 is 67.4 Å². The average Bonchev–Trinajstić information content (AvgIpc) is 3.88. The Balaban J connectivity index is 1.40. The highest BCUT2D eigenvalue weighted by Crippen LogP contribution is 2.78. The van der Waals surface area contributed by atoms with Gasteiger partial charge in [-0.1, -0.05) is 13.8 Å². The molecule has 3 aliphatic heterocycles. The number of carbonyl (C=O) groups is 6. The van der Waals surface area contributed by atoms with E-state index in [1.165, 1.54) is 34.6 Å². The maximum atomic E-state index is 14.8. The molecule has 0 amide bonds. The Bertz CT molecular complexity index is 1590. The molecule has 0 spiro atoms. The van der Waals surface area contributed by atoms with Gasteiger partial charge in [0.15, 0.2) is 23.3 Å². The van der Waals surface area contributed by atoms with Gasteiger partial charge in [-0.25, -0.2) is 4.79 Å². The molecule has 8 fully saturated rings. The lowest BCUT2D eigenvalue weighted by molar-refractivity contribution is -0.272. The molecule has 5 saturated carbocycles. The molecule has 2 unspecified atom stereocenters. The Kier molecular flexibility index (Phi) is 6.21. The van der Waals surface area contributed by atoms with Crippen molar-refractivity contribution in [2.45, 2.75) is 122 Å². The van der Waals surface area contributed by atoms with Crippen LogP contribution in [0, 0.1) is 51.8 Å². The largest absolute Gasteiger partial charge is 0.460 e. The lowest BCUT2D eigenvalue weighted by Crippen LogP contribution is -2.75. The number of hydrogen-bond acceptors (Lipinski definition) is 14. The van der Waals surface area contributed by atoms with Crippen molar-refractivity contribution in [1.82, 2.24) is 0 Å². The molecular formula is C34H42O14. The van der Waals surface area contributed by atoms with Crippen LogP contribution in [0.1, 0.15) is 61.8 Å². The molecule has 0 aromatic rings. The fraction of sp³-hybridized carbons (Fsp3) is 0.824. The maximum absolute atomic E-state index is 14.8. The smallest absolute Gasteiger partial charge is 0.339 e. The molecule has 0 bridgehead atoms. The van der Waals surface area contributed by atoms with Gasteiger partial charge in [0.1, 0.15) is 36.1 Å². The number of carbonyl (C=O) groups excluding carboxylic acids is 6. The van der Waals surface area contributed by atoms with E-state index in [-0.39, 0.29) is 6.42 Å². The van der Waals surface area contributed by atoms with Crippen LogP contribution in [0.4, 0.5) is 0 Å². The highest BCUT2D eigenvalue weighted by atomic mass is 16.6. The number of rotatable bonds is 3. The molecule has 5 aliphatic carbocycles. The van der Waals surface area contributed by atoms with Crippen molar-refractivity contribution in [3.05, 3.63) is 0 Å². The van der Waals surface area contributed by atoms with Gasteiger partial charge >= 0.3 is 23.9 Å². The quantitative estimate of drug-likeness (QED) is 0.231. The van der Waals surface area contributed by atoms with Crippen molar-refractivity contribution in [2.24, 2.45) is 51.8 Å². The van der Waals surface area contributed by atoms with Gasteiger partial charge in [-0.2, -0.15) is 0 Å². The Morgan fingerprint density at radius 3 is 2.06 bits per heavy atom. The highest BCUT2D eigenvalue weighted by Gasteiger charge is 2.90. The molecule has 2 N–H and O–H groups in total. The second-order valence-electron chi connectivity index (χ2n) is 16.5. The molecule has 0 aromatic carbocycles. The van der Waals surface area contributed by atoms with Crippen LogP contribution in [0.25, 0.3) is 0 Å². The minimum absolute atomic E-state index is 0.219. The average molecular weight is 675 g/mol. The summed E-state index contributed by atoms with van der Waals surface area (Å²) in [6.45, 7) is 11.6. The van der Waals surface area contributed by atoms with Crippen LogP contribution >= 0.6 is 0 Å². The van der Waals surface area contributed by atoms with Gasteiger partial charge in [0.2, 0.25) is 0 Å². The molecule has 0 radical (unpaired) electrons. The molecule has 48 heavy (non-hydrogen) atoms. The van der Waals surface area contributed by atoms with Crippen molar-refractivity contribution >= 4 is 35.4 Å². The highest BCUT2D eigenvalue weighted by molar-refractivity contribution is 6.01. The first-order chi connectivity index (χ1) is 22.2. The number of Topliss-reactive ketones (excluding diaryl/α,β-unsaturated/α-hetero) is 2. The molecule has 14 heteroatoms. The molecule has 3 heterocycles. The monoisotopic (exact) mass is 674 g/mol. The van der Waals surface area contributed by atoms with Crippen molar-refractivity contribution in [3.63, 3.8) is 0 Å². The first-order valence-corrected chi connectivity index (χ1v) is 16.7. The van der Waals surface area contributed by atoms with Crippen LogP contribution < -0.4 is 0 Å². The topological polar surface area (TPSA) is 205 Å². The second-order valence-corrected chi connectivity index (χ2v) is 16.5. The summed E-state index contributed by atoms with van der Waals surface area (Å²) in [5.74, 6) is -9.67. The normalized spacial score (nSPS) is 58.1. The van der Waals surface area contributed by atoms with E-state index in [9.17, 15) is 39.0 Å². The summed E-state index contributed by atoms with van der Waals surface area (Å²) >= 11 is 0. The SMILES string of the molecule is CC(=O)O[C@H]1[C@H]2[C@H]([C@@H]3[C@H]4OC(=O)[C@@](C)(O)[C@@]5(C)C(=O)C6OC6(C)[C@@H]([C@@H]45)[C@@]3(C)[C@H]1O)[C@@H](OC(C)=O)C(=O)[C@H]1C[C@@H]3O[C@@H]3[C@H](OC(C)=O)[C@]21C. The van der Waals surface area contributed by atoms with Crippen LogP contribution in [0.15, 0.2) is 0 Å². The number of epoxide rings is 2. The fourth-order valence-corrected chi connectivity index (χ4v) is 12.4. The third-order valence-corrected chi connectivity index (χ3v) is 14.4. The lowest BCUT2D eigenvalue weighted by atomic mass is 9.41.